The van der Waals surface area contributed by atoms with Gasteiger partial charge < -0.3 is 10.4 Å². The van der Waals surface area contributed by atoms with Gasteiger partial charge in [0.2, 0.25) is 5.91 Å². The van der Waals surface area contributed by atoms with E-state index in [0.717, 1.165) is 13.0 Å². The van der Waals surface area contributed by atoms with Crippen LogP contribution in [-0.4, -0.2) is 47.6 Å². The van der Waals surface area contributed by atoms with Gasteiger partial charge in [-0.25, -0.2) is 0 Å². The Morgan fingerprint density at radius 2 is 2.06 bits per heavy atom. The number of nitrogens with one attached hydrogen (secondary N) is 1. The number of carbonyl (C=O) groups excluding carboxylic acids is 1. The molecule has 0 radical (unpaired) electrons. The van der Waals surface area contributed by atoms with Crippen LogP contribution >= 0.6 is 0 Å². The van der Waals surface area contributed by atoms with Gasteiger partial charge in [0, 0.05) is 13.1 Å². The average Bonchev–Trinajstić information content (AvgIpc) is 2.35. The lowest BCUT2D eigenvalue weighted by Crippen LogP contribution is -2.50. The van der Waals surface area contributed by atoms with Crippen molar-refractivity contribution in [3.63, 3.8) is 0 Å². The number of carboxylic acid groups (broad SMARTS) is 1. The zero-order valence-corrected chi connectivity index (χ0v) is 11.5. The molecule has 1 aliphatic heterocycles. The average molecular weight is 256 g/mol. The van der Waals surface area contributed by atoms with Crippen LogP contribution < -0.4 is 5.32 Å². The number of likely N-dealkylation sites (tertiary alicyclic amines) is 1. The molecule has 1 heterocycles. The van der Waals surface area contributed by atoms with Gasteiger partial charge in [-0.2, -0.15) is 0 Å². The van der Waals surface area contributed by atoms with E-state index >= 15 is 0 Å². The fraction of sp³-hybridized carbons (Fsp3) is 0.846. The molecule has 2 unspecified atom stereocenters. The van der Waals surface area contributed by atoms with Gasteiger partial charge in [-0.15, -0.1) is 0 Å². The summed E-state index contributed by atoms with van der Waals surface area (Å²) in [5, 5.41) is 11.9. The van der Waals surface area contributed by atoms with E-state index in [1.54, 1.807) is 0 Å². The van der Waals surface area contributed by atoms with Crippen molar-refractivity contribution in [3.8, 4) is 0 Å². The number of rotatable bonds is 5. The minimum atomic E-state index is -0.755. The molecule has 0 bridgehead atoms. The van der Waals surface area contributed by atoms with E-state index in [2.05, 4.69) is 5.32 Å². The van der Waals surface area contributed by atoms with Crippen LogP contribution in [0.4, 0.5) is 0 Å². The van der Waals surface area contributed by atoms with Crippen molar-refractivity contribution in [1.29, 1.82) is 0 Å². The van der Waals surface area contributed by atoms with Gasteiger partial charge in [0.05, 0.1) is 12.0 Å². The maximum atomic E-state index is 11.9. The zero-order chi connectivity index (χ0) is 13.7. The predicted molar refractivity (Wildman–Crippen MR) is 69.2 cm³/mol. The van der Waals surface area contributed by atoms with Crippen molar-refractivity contribution in [2.45, 2.75) is 39.7 Å². The summed E-state index contributed by atoms with van der Waals surface area (Å²) in [6.45, 7) is 7.89. The summed E-state index contributed by atoms with van der Waals surface area (Å²) in [7, 11) is 0. The van der Waals surface area contributed by atoms with E-state index in [0.29, 0.717) is 25.4 Å². The Balaban J connectivity index is 2.47. The van der Waals surface area contributed by atoms with Crippen LogP contribution in [-0.2, 0) is 9.59 Å². The number of amides is 1. The lowest BCUT2D eigenvalue weighted by molar-refractivity contribution is -0.145. The van der Waals surface area contributed by atoms with Crippen molar-refractivity contribution < 1.29 is 14.7 Å². The molecular formula is C13H24N2O3. The molecule has 0 aromatic heterocycles. The molecule has 0 spiro atoms. The van der Waals surface area contributed by atoms with E-state index in [-0.39, 0.29) is 17.9 Å². The highest BCUT2D eigenvalue weighted by Gasteiger charge is 2.30. The Bertz CT molecular complexity index is 305. The van der Waals surface area contributed by atoms with Gasteiger partial charge in [-0.1, -0.05) is 13.8 Å². The summed E-state index contributed by atoms with van der Waals surface area (Å²) < 4.78 is 0. The van der Waals surface area contributed by atoms with Crippen LogP contribution in [0, 0.1) is 11.8 Å². The molecule has 5 nitrogen and oxygen atoms in total. The molecule has 18 heavy (non-hydrogen) atoms. The number of nitrogens with zero attached hydrogens (tertiary/aromatic N) is 1. The number of carboxylic acids is 1. The minimum absolute atomic E-state index is 0.00487. The van der Waals surface area contributed by atoms with Crippen LogP contribution in [0.5, 0.6) is 0 Å². The van der Waals surface area contributed by atoms with E-state index < -0.39 is 5.97 Å². The Kier molecular flexibility index (Phi) is 5.59. The van der Waals surface area contributed by atoms with Gasteiger partial charge in [-0.3, -0.25) is 14.5 Å². The molecule has 0 aromatic rings. The molecule has 104 valence electrons. The minimum Gasteiger partial charge on any atom is -0.481 e. The maximum absolute atomic E-state index is 11.9. The molecule has 2 atom stereocenters. The summed E-state index contributed by atoms with van der Waals surface area (Å²) in [6.07, 6.45) is 1.56. The fourth-order valence-corrected chi connectivity index (χ4v) is 2.18. The summed E-state index contributed by atoms with van der Waals surface area (Å²) in [6, 6.07) is -0.245. The topological polar surface area (TPSA) is 69.6 Å². The van der Waals surface area contributed by atoms with Crippen molar-refractivity contribution in [2.75, 3.05) is 19.6 Å². The normalized spacial score (nSPS) is 22.8. The van der Waals surface area contributed by atoms with Crippen molar-refractivity contribution in [1.82, 2.24) is 10.2 Å². The second kappa shape index (κ2) is 6.73. The molecule has 1 saturated heterocycles. The monoisotopic (exact) mass is 256 g/mol. The molecule has 5 heteroatoms. The van der Waals surface area contributed by atoms with Crippen LogP contribution in [0.1, 0.15) is 33.6 Å². The lowest BCUT2D eigenvalue weighted by atomic mass is 9.97. The number of hydrogen-bond donors (Lipinski definition) is 2. The SMILES string of the molecule is CC(C)CNC(=O)C(C)N1CCCC(C(=O)O)C1. The second-order valence-corrected chi connectivity index (χ2v) is 5.49. The quantitative estimate of drug-likeness (QED) is 0.768. The van der Waals surface area contributed by atoms with Crippen LogP contribution in [0.3, 0.4) is 0 Å². The van der Waals surface area contributed by atoms with Crippen molar-refractivity contribution in [3.05, 3.63) is 0 Å². The van der Waals surface area contributed by atoms with Gasteiger partial charge in [0.25, 0.3) is 0 Å². The third-order valence-corrected chi connectivity index (χ3v) is 3.41. The first-order valence-corrected chi connectivity index (χ1v) is 6.66. The molecule has 0 aromatic carbocycles. The van der Waals surface area contributed by atoms with Gasteiger partial charge in [0.1, 0.15) is 0 Å². The Hall–Kier alpha value is -1.10. The Labute approximate surface area is 109 Å². The zero-order valence-electron chi connectivity index (χ0n) is 11.5. The van der Waals surface area contributed by atoms with Gasteiger partial charge in [-0.05, 0) is 32.2 Å². The van der Waals surface area contributed by atoms with Gasteiger partial charge >= 0.3 is 5.97 Å². The summed E-state index contributed by atoms with van der Waals surface area (Å²) in [5.74, 6) is -0.669. The van der Waals surface area contributed by atoms with Crippen LogP contribution in [0.15, 0.2) is 0 Å². The van der Waals surface area contributed by atoms with Crippen LogP contribution in [0.25, 0.3) is 0 Å². The molecule has 2 N–H and O–H groups in total. The van der Waals surface area contributed by atoms with E-state index in [1.807, 2.05) is 25.7 Å². The molecular weight excluding hydrogens is 232 g/mol. The first-order valence-electron chi connectivity index (χ1n) is 6.66. The van der Waals surface area contributed by atoms with Gasteiger partial charge in [0.15, 0.2) is 0 Å². The lowest BCUT2D eigenvalue weighted by Gasteiger charge is -2.34. The number of hydrogen-bond acceptors (Lipinski definition) is 3. The van der Waals surface area contributed by atoms with E-state index in [9.17, 15) is 9.59 Å². The Morgan fingerprint density at radius 1 is 1.39 bits per heavy atom. The molecule has 0 aliphatic carbocycles. The largest absolute Gasteiger partial charge is 0.481 e. The van der Waals surface area contributed by atoms with Crippen molar-refractivity contribution in [2.24, 2.45) is 11.8 Å². The van der Waals surface area contributed by atoms with Crippen molar-refractivity contribution >= 4 is 11.9 Å². The highest BCUT2D eigenvalue weighted by Crippen LogP contribution is 2.18. The fourth-order valence-electron chi connectivity index (χ4n) is 2.18. The predicted octanol–water partition coefficient (Wildman–Crippen LogP) is 0.944. The van der Waals surface area contributed by atoms with E-state index in [1.165, 1.54) is 0 Å². The number of carbonyl (C=O) groups is 2. The van der Waals surface area contributed by atoms with E-state index in [4.69, 9.17) is 5.11 Å². The number of aliphatic carboxylic acids is 1. The summed E-state index contributed by atoms with van der Waals surface area (Å²) in [4.78, 5) is 24.9. The number of piperidine rings is 1. The molecule has 1 rings (SSSR count). The molecule has 1 amide bonds. The highest BCUT2D eigenvalue weighted by atomic mass is 16.4. The third kappa shape index (κ3) is 4.29. The summed E-state index contributed by atoms with van der Waals surface area (Å²) >= 11 is 0. The third-order valence-electron chi connectivity index (χ3n) is 3.41. The summed E-state index contributed by atoms with van der Waals surface area (Å²) in [5.41, 5.74) is 0. The van der Waals surface area contributed by atoms with Crippen LogP contribution in [0.2, 0.25) is 0 Å². The first kappa shape index (κ1) is 15.0. The highest BCUT2D eigenvalue weighted by molar-refractivity contribution is 5.81. The molecule has 0 saturated carbocycles. The maximum Gasteiger partial charge on any atom is 0.307 e. The second-order valence-electron chi connectivity index (χ2n) is 5.49. The first-order chi connectivity index (χ1) is 8.41. The standard InChI is InChI=1S/C13H24N2O3/c1-9(2)7-14-12(16)10(3)15-6-4-5-11(8-15)13(17)18/h9-11H,4-8H2,1-3H3,(H,14,16)(H,17,18). The molecule has 1 aliphatic rings. The molecule has 1 fully saturated rings. The smallest absolute Gasteiger partial charge is 0.307 e. The Morgan fingerprint density at radius 3 is 2.61 bits per heavy atom.